The normalized spacial score (nSPS) is 12.2. The number of benzene rings is 1. The van der Waals surface area contributed by atoms with E-state index in [1.807, 2.05) is 22.6 Å². The largest absolute Gasteiger partial charge is 0.326 e. The number of imidazole rings is 1. The van der Waals surface area contributed by atoms with Gasteiger partial charge >= 0.3 is 0 Å². The Labute approximate surface area is 134 Å². The zero-order valence-corrected chi connectivity index (χ0v) is 14.3. The third-order valence-corrected chi connectivity index (χ3v) is 4.48. The molecular weight excluding hydrogens is 420 g/mol. The number of aromatic nitrogens is 2. The van der Waals surface area contributed by atoms with Gasteiger partial charge < -0.3 is 4.57 Å². The van der Waals surface area contributed by atoms with Crippen molar-refractivity contribution >= 4 is 55.2 Å². The fourth-order valence-electron chi connectivity index (χ4n) is 1.86. The Bertz CT molecular complexity index is 748. The Morgan fingerprint density at radius 1 is 1.50 bits per heavy atom. The SMILES string of the molecule is CS(=O)(=O)NCCn1c(CCl)nc2cc(I)c(F)cc21. The molecule has 2 rings (SSSR count). The summed E-state index contributed by atoms with van der Waals surface area (Å²) in [6, 6.07) is 3.03. The number of hydrogen-bond acceptors (Lipinski definition) is 3. The minimum atomic E-state index is -3.26. The molecule has 0 spiro atoms. The predicted molar refractivity (Wildman–Crippen MR) is 84.8 cm³/mol. The van der Waals surface area contributed by atoms with Crippen LogP contribution >= 0.6 is 34.2 Å². The van der Waals surface area contributed by atoms with E-state index in [-0.39, 0.29) is 18.2 Å². The van der Waals surface area contributed by atoms with Gasteiger partial charge in [-0.25, -0.2) is 22.5 Å². The van der Waals surface area contributed by atoms with Crippen molar-refractivity contribution in [1.29, 1.82) is 0 Å². The van der Waals surface area contributed by atoms with E-state index in [4.69, 9.17) is 11.6 Å². The van der Waals surface area contributed by atoms with Gasteiger partial charge in [-0.15, -0.1) is 11.6 Å². The van der Waals surface area contributed by atoms with Crippen LogP contribution in [-0.2, 0) is 22.4 Å². The lowest BCUT2D eigenvalue weighted by Gasteiger charge is -2.08. The lowest BCUT2D eigenvalue weighted by atomic mass is 10.3. The first-order valence-electron chi connectivity index (χ1n) is 5.66. The van der Waals surface area contributed by atoms with Crippen molar-refractivity contribution in [3.63, 3.8) is 0 Å². The summed E-state index contributed by atoms with van der Waals surface area (Å²) in [4.78, 5) is 4.33. The van der Waals surface area contributed by atoms with Crippen molar-refractivity contribution in [3.8, 4) is 0 Å². The lowest BCUT2D eigenvalue weighted by molar-refractivity contribution is 0.577. The first-order valence-corrected chi connectivity index (χ1v) is 9.17. The summed E-state index contributed by atoms with van der Waals surface area (Å²) in [6.07, 6.45) is 1.09. The molecule has 0 atom stereocenters. The quantitative estimate of drug-likeness (QED) is 0.582. The molecular formula is C11H12ClFIN3O2S. The minimum Gasteiger partial charge on any atom is -0.326 e. The average Bonchev–Trinajstić information content (AvgIpc) is 2.66. The molecule has 20 heavy (non-hydrogen) atoms. The first-order chi connectivity index (χ1) is 9.31. The highest BCUT2D eigenvalue weighted by Crippen LogP contribution is 2.22. The number of nitrogens with zero attached hydrogens (tertiary/aromatic N) is 2. The molecule has 1 aromatic heterocycles. The van der Waals surface area contributed by atoms with Crippen molar-refractivity contribution in [2.24, 2.45) is 0 Å². The molecule has 0 saturated carbocycles. The Kier molecular flexibility index (Phi) is 4.88. The van der Waals surface area contributed by atoms with E-state index < -0.39 is 10.0 Å². The zero-order valence-electron chi connectivity index (χ0n) is 10.5. The molecule has 1 aromatic carbocycles. The first kappa shape index (κ1) is 15.9. The van der Waals surface area contributed by atoms with Crippen molar-refractivity contribution in [2.75, 3.05) is 12.8 Å². The van der Waals surface area contributed by atoms with Gasteiger partial charge in [0.2, 0.25) is 10.0 Å². The molecule has 0 radical (unpaired) electrons. The van der Waals surface area contributed by atoms with Crippen molar-refractivity contribution in [1.82, 2.24) is 14.3 Å². The van der Waals surface area contributed by atoms with E-state index in [2.05, 4.69) is 9.71 Å². The summed E-state index contributed by atoms with van der Waals surface area (Å²) in [6.45, 7) is 0.535. The molecule has 0 aliphatic rings. The molecule has 0 aliphatic heterocycles. The Morgan fingerprint density at radius 2 is 2.20 bits per heavy atom. The molecule has 0 unspecified atom stereocenters. The van der Waals surface area contributed by atoms with E-state index >= 15 is 0 Å². The van der Waals surface area contributed by atoms with Crippen LogP contribution in [0.5, 0.6) is 0 Å². The topological polar surface area (TPSA) is 64.0 Å². The van der Waals surface area contributed by atoms with Crippen molar-refractivity contribution < 1.29 is 12.8 Å². The fourth-order valence-corrected chi connectivity index (χ4v) is 2.98. The fraction of sp³-hybridized carbons (Fsp3) is 0.364. The van der Waals surface area contributed by atoms with Crippen molar-refractivity contribution in [2.45, 2.75) is 12.4 Å². The van der Waals surface area contributed by atoms with Crippen molar-refractivity contribution in [3.05, 3.63) is 27.3 Å². The van der Waals surface area contributed by atoms with Crippen LogP contribution in [0.1, 0.15) is 5.82 Å². The van der Waals surface area contributed by atoms with Gasteiger partial charge in [-0.3, -0.25) is 0 Å². The van der Waals surface area contributed by atoms with Gasteiger partial charge in [0.05, 0.1) is 26.7 Å². The lowest BCUT2D eigenvalue weighted by Crippen LogP contribution is -2.26. The second-order valence-corrected chi connectivity index (χ2v) is 7.50. The Balaban J connectivity index is 2.37. The number of rotatable bonds is 5. The van der Waals surface area contributed by atoms with Crippen LogP contribution in [0.3, 0.4) is 0 Å². The van der Waals surface area contributed by atoms with Gasteiger partial charge in [0.25, 0.3) is 0 Å². The molecule has 0 fully saturated rings. The van der Waals surface area contributed by atoms with E-state index in [1.165, 1.54) is 6.07 Å². The Morgan fingerprint density at radius 3 is 2.80 bits per heavy atom. The van der Waals surface area contributed by atoms with Crippen LogP contribution in [0, 0.1) is 9.39 Å². The molecule has 0 saturated heterocycles. The predicted octanol–water partition coefficient (Wildman–Crippen LogP) is 2.07. The summed E-state index contributed by atoms with van der Waals surface area (Å²) in [7, 11) is -3.26. The van der Waals surface area contributed by atoms with E-state index in [0.29, 0.717) is 27.0 Å². The third kappa shape index (κ3) is 3.60. The van der Waals surface area contributed by atoms with Gasteiger partial charge in [0.1, 0.15) is 11.6 Å². The molecule has 5 nitrogen and oxygen atoms in total. The van der Waals surface area contributed by atoms with Gasteiger partial charge in [-0.2, -0.15) is 0 Å². The summed E-state index contributed by atoms with van der Waals surface area (Å²) >= 11 is 7.73. The highest BCUT2D eigenvalue weighted by atomic mass is 127. The summed E-state index contributed by atoms with van der Waals surface area (Å²) in [5, 5.41) is 0. The maximum Gasteiger partial charge on any atom is 0.208 e. The zero-order chi connectivity index (χ0) is 14.9. The van der Waals surface area contributed by atoms with Crippen LogP contribution in [-0.4, -0.2) is 30.8 Å². The second-order valence-electron chi connectivity index (χ2n) is 4.23. The molecule has 0 bridgehead atoms. The van der Waals surface area contributed by atoms with E-state index in [9.17, 15) is 12.8 Å². The number of hydrogen-bond donors (Lipinski definition) is 1. The van der Waals surface area contributed by atoms with E-state index in [1.54, 1.807) is 10.6 Å². The van der Waals surface area contributed by atoms with Crippen LogP contribution in [0.25, 0.3) is 11.0 Å². The number of alkyl halides is 1. The molecule has 1 N–H and O–H groups in total. The molecule has 1 heterocycles. The average molecular weight is 432 g/mol. The van der Waals surface area contributed by atoms with Gasteiger partial charge in [-0.1, -0.05) is 0 Å². The number of sulfonamides is 1. The maximum atomic E-state index is 13.7. The third-order valence-electron chi connectivity index (χ3n) is 2.69. The van der Waals surface area contributed by atoms with E-state index in [0.717, 1.165) is 6.26 Å². The maximum absolute atomic E-state index is 13.7. The molecule has 110 valence electrons. The van der Waals surface area contributed by atoms with Crippen LogP contribution in [0.15, 0.2) is 12.1 Å². The number of halogens is 3. The summed E-state index contributed by atoms with van der Waals surface area (Å²) in [5.41, 5.74) is 1.25. The van der Waals surface area contributed by atoms with Crippen LogP contribution in [0.4, 0.5) is 4.39 Å². The van der Waals surface area contributed by atoms with Gasteiger partial charge in [0.15, 0.2) is 0 Å². The summed E-state index contributed by atoms with van der Waals surface area (Å²) in [5.74, 6) is 0.418. The van der Waals surface area contributed by atoms with Gasteiger partial charge in [0, 0.05) is 19.2 Å². The van der Waals surface area contributed by atoms with Crippen LogP contribution < -0.4 is 4.72 Å². The van der Waals surface area contributed by atoms with Crippen LogP contribution in [0.2, 0.25) is 0 Å². The number of nitrogens with one attached hydrogen (secondary N) is 1. The minimum absolute atomic E-state index is 0.172. The standard InChI is InChI=1S/C11H12ClFIN3O2S/c1-20(18,19)15-2-3-17-10-4-7(13)8(14)5-9(10)16-11(17)6-12/h4-5,15H,2-3,6H2,1H3. The molecule has 9 heteroatoms. The van der Waals surface area contributed by atoms with Gasteiger partial charge in [-0.05, 0) is 28.7 Å². The monoisotopic (exact) mass is 431 g/mol. The molecule has 2 aromatic rings. The second kappa shape index (κ2) is 6.12. The molecule has 0 amide bonds. The number of fused-ring (bicyclic) bond motifs is 1. The Hall–Kier alpha value is -0.450. The molecule has 0 aliphatic carbocycles. The summed E-state index contributed by atoms with van der Waals surface area (Å²) < 4.78 is 40.4. The highest BCUT2D eigenvalue weighted by Gasteiger charge is 2.13. The smallest absolute Gasteiger partial charge is 0.208 e. The highest BCUT2D eigenvalue weighted by molar-refractivity contribution is 14.1.